The van der Waals surface area contributed by atoms with Crippen LogP contribution in [0.15, 0.2) is 29.7 Å². The molecule has 0 radical (unpaired) electrons. The quantitative estimate of drug-likeness (QED) is 0.409. The molecule has 0 saturated carbocycles. The lowest BCUT2D eigenvalue weighted by Gasteiger charge is -2.24. The molecule has 3 aromatic heterocycles. The van der Waals surface area contributed by atoms with Crippen LogP contribution in [-0.4, -0.2) is 38.7 Å². The number of hydrogen-bond donors (Lipinski definition) is 1. The highest BCUT2D eigenvalue weighted by molar-refractivity contribution is 8.00. The van der Waals surface area contributed by atoms with Crippen LogP contribution in [0.2, 0.25) is 0 Å². The Morgan fingerprint density at radius 3 is 2.88 bits per heavy atom. The highest BCUT2D eigenvalue weighted by Gasteiger charge is 2.28. The molecule has 1 N–H and O–H groups in total. The molecule has 0 aromatic carbocycles. The topological polar surface area (TPSA) is 74.5 Å². The van der Waals surface area contributed by atoms with Crippen molar-refractivity contribution in [3.05, 3.63) is 35.9 Å². The molecule has 0 amide bonds. The first-order valence-corrected chi connectivity index (χ1v) is 10.4. The molecule has 1 aliphatic heterocycles. The van der Waals surface area contributed by atoms with Gasteiger partial charge < -0.3 is 9.51 Å². The molecule has 0 saturated heterocycles. The normalized spacial score (nSPS) is 15.6. The molecule has 128 valence electrons. The summed E-state index contributed by atoms with van der Waals surface area (Å²) in [7, 11) is 0. The van der Waals surface area contributed by atoms with Crippen LogP contribution in [0, 0.1) is 6.92 Å². The zero-order chi connectivity index (χ0) is 17.4. The Hall–Kier alpha value is -1.97. The average Bonchev–Trinajstić information content (AvgIpc) is 3.25. The van der Waals surface area contributed by atoms with Gasteiger partial charge in [-0.25, -0.2) is 9.97 Å². The van der Waals surface area contributed by atoms with E-state index in [1.54, 1.807) is 40.8 Å². The summed E-state index contributed by atoms with van der Waals surface area (Å²) in [6, 6.07) is 3.92. The van der Waals surface area contributed by atoms with E-state index in [4.69, 9.17) is 4.98 Å². The lowest BCUT2D eigenvalue weighted by Crippen LogP contribution is -2.25. The Bertz CT molecular complexity index is 935. The van der Waals surface area contributed by atoms with Crippen LogP contribution >= 0.6 is 34.6 Å². The fourth-order valence-corrected chi connectivity index (χ4v) is 5.74. The molecule has 4 heterocycles. The summed E-state index contributed by atoms with van der Waals surface area (Å²) in [5, 5.41) is 15.6. The second-order valence-corrected chi connectivity index (χ2v) is 8.21. The van der Waals surface area contributed by atoms with E-state index < -0.39 is 0 Å². The van der Waals surface area contributed by atoms with Crippen LogP contribution < -0.4 is 4.31 Å². The molecule has 0 fully saturated rings. The number of anilines is 1. The summed E-state index contributed by atoms with van der Waals surface area (Å²) in [5.41, 5.74) is 3.39. The Labute approximate surface area is 157 Å². The molecule has 0 bridgehead atoms. The SMILES string of the molecule is CSN1CC/C(=N\O)c2nc(-c3sc(-c4cccnc4)nc3C)sc21. The minimum Gasteiger partial charge on any atom is -0.411 e. The maximum Gasteiger partial charge on any atom is 0.138 e. The van der Waals surface area contributed by atoms with Crippen LogP contribution in [0.5, 0.6) is 0 Å². The number of hydrogen-bond acceptors (Lipinski definition) is 9. The summed E-state index contributed by atoms with van der Waals surface area (Å²) in [4.78, 5) is 14.7. The first kappa shape index (κ1) is 16.5. The van der Waals surface area contributed by atoms with E-state index in [9.17, 15) is 5.21 Å². The van der Waals surface area contributed by atoms with Gasteiger partial charge in [0.25, 0.3) is 0 Å². The second kappa shape index (κ2) is 6.74. The van der Waals surface area contributed by atoms with E-state index in [1.165, 1.54) is 0 Å². The van der Waals surface area contributed by atoms with Gasteiger partial charge in [-0.2, -0.15) is 0 Å². The highest BCUT2D eigenvalue weighted by atomic mass is 32.2. The molecule has 6 nitrogen and oxygen atoms in total. The van der Waals surface area contributed by atoms with Crippen molar-refractivity contribution in [2.75, 3.05) is 17.1 Å². The Morgan fingerprint density at radius 1 is 1.28 bits per heavy atom. The first-order valence-electron chi connectivity index (χ1n) is 7.63. The number of thiazole rings is 2. The van der Waals surface area contributed by atoms with Crippen LogP contribution in [0.25, 0.3) is 20.5 Å². The number of rotatable bonds is 3. The first-order chi connectivity index (χ1) is 12.2. The minimum atomic E-state index is 0.650. The monoisotopic (exact) mass is 389 g/mol. The zero-order valence-electron chi connectivity index (χ0n) is 13.6. The van der Waals surface area contributed by atoms with E-state index in [-0.39, 0.29) is 0 Å². The standard InChI is InChI=1S/C16H15N5OS3/c1-9-13(24-14(18-9)10-4-3-6-17-8-10)15-19-12-11(20-22)5-7-21(23-2)16(12)25-15/h3-4,6,8,22H,5,7H2,1-2H3/b20-11+. The van der Waals surface area contributed by atoms with Gasteiger partial charge in [0.2, 0.25) is 0 Å². The maximum atomic E-state index is 9.29. The molecule has 0 aliphatic carbocycles. The summed E-state index contributed by atoms with van der Waals surface area (Å²) >= 11 is 4.90. The summed E-state index contributed by atoms with van der Waals surface area (Å²) in [5.74, 6) is 0. The highest BCUT2D eigenvalue weighted by Crippen LogP contribution is 2.43. The predicted molar refractivity (Wildman–Crippen MR) is 105 cm³/mol. The average molecular weight is 390 g/mol. The molecule has 9 heteroatoms. The lowest BCUT2D eigenvalue weighted by atomic mass is 10.1. The fourth-order valence-electron chi connectivity index (χ4n) is 2.67. The van der Waals surface area contributed by atoms with Crippen LogP contribution in [0.3, 0.4) is 0 Å². The number of pyridine rings is 1. The van der Waals surface area contributed by atoms with Gasteiger partial charge in [0.15, 0.2) is 0 Å². The minimum absolute atomic E-state index is 0.650. The molecule has 4 rings (SSSR count). The number of fused-ring (bicyclic) bond motifs is 1. The van der Waals surface area contributed by atoms with Crippen molar-refractivity contribution in [2.45, 2.75) is 13.3 Å². The van der Waals surface area contributed by atoms with Gasteiger partial charge in [0.1, 0.15) is 26.4 Å². The van der Waals surface area contributed by atoms with Crippen molar-refractivity contribution in [2.24, 2.45) is 5.16 Å². The van der Waals surface area contributed by atoms with Gasteiger partial charge in [-0.1, -0.05) is 28.4 Å². The molecule has 3 aromatic rings. The van der Waals surface area contributed by atoms with Crippen molar-refractivity contribution in [3.63, 3.8) is 0 Å². The largest absolute Gasteiger partial charge is 0.411 e. The van der Waals surface area contributed by atoms with Gasteiger partial charge in [0.05, 0.1) is 10.6 Å². The number of aryl methyl sites for hydroxylation is 1. The van der Waals surface area contributed by atoms with Gasteiger partial charge in [0, 0.05) is 37.2 Å². The van der Waals surface area contributed by atoms with Crippen molar-refractivity contribution in [3.8, 4) is 20.5 Å². The molecule has 25 heavy (non-hydrogen) atoms. The maximum absolute atomic E-state index is 9.29. The smallest absolute Gasteiger partial charge is 0.138 e. The third-order valence-corrected chi connectivity index (χ3v) is 7.26. The van der Waals surface area contributed by atoms with Crippen LogP contribution in [0.4, 0.5) is 5.00 Å². The van der Waals surface area contributed by atoms with Gasteiger partial charge in [-0.3, -0.25) is 4.98 Å². The molecular formula is C16H15N5OS3. The Kier molecular flexibility index (Phi) is 4.45. The van der Waals surface area contributed by atoms with E-state index >= 15 is 0 Å². The molecular weight excluding hydrogens is 374 g/mol. The number of nitrogens with zero attached hydrogens (tertiary/aromatic N) is 5. The van der Waals surface area contributed by atoms with Gasteiger partial charge in [-0.05, 0) is 19.1 Å². The number of oxime groups is 1. The van der Waals surface area contributed by atoms with Crippen molar-refractivity contribution in [1.82, 2.24) is 15.0 Å². The van der Waals surface area contributed by atoms with Crippen molar-refractivity contribution in [1.29, 1.82) is 0 Å². The van der Waals surface area contributed by atoms with E-state index in [0.717, 1.165) is 43.4 Å². The molecule has 0 unspecified atom stereocenters. The Balaban J connectivity index is 1.79. The fraction of sp³-hybridized carbons (Fsp3) is 0.250. The predicted octanol–water partition coefficient (Wildman–Crippen LogP) is 4.30. The molecule has 0 atom stereocenters. The van der Waals surface area contributed by atoms with Crippen molar-refractivity contribution < 1.29 is 5.21 Å². The Morgan fingerprint density at radius 2 is 2.16 bits per heavy atom. The third-order valence-electron chi connectivity index (χ3n) is 3.90. The summed E-state index contributed by atoms with van der Waals surface area (Å²) < 4.78 is 2.20. The van der Waals surface area contributed by atoms with E-state index in [0.29, 0.717) is 12.1 Å². The summed E-state index contributed by atoms with van der Waals surface area (Å²) in [6.45, 7) is 2.82. The van der Waals surface area contributed by atoms with Crippen molar-refractivity contribution >= 4 is 45.3 Å². The van der Waals surface area contributed by atoms with Crippen LogP contribution in [-0.2, 0) is 0 Å². The van der Waals surface area contributed by atoms with E-state index in [2.05, 4.69) is 19.4 Å². The number of aromatic nitrogens is 3. The van der Waals surface area contributed by atoms with Gasteiger partial charge >= 0.3 is 0 Å². The van der Waals surface area contributed by atoms with Crippen LogP contribution in [0.1, 0.15) is 17.8 Å². The lowest BCUT2D eigenvalue weighted by molar-refractivity contribution is 0.318. The molecule has 1 aliphatic rings. The van der Waals surface area contributed by atoms with Gasteiger partial charge in [-0.15, -0.1) is 11.3 Å². The summed E-state index contributed by atoms with van der Waals surface area (Å²) in [6.07, 6.45) is 6.31. The zero-order valence-corrected chi connectivity index (χ0v) is 16.1. The third kappa shape index (κ3) is 2.92. The molecule has 0 spiro atoms. The van der Waals surface area contributed by atoms with E-state index in [1.807, 2.05) is 31.5 Å². The second-order valence-electron chi connectivity index (χ2n) is 5.43.